The van der Waals surface area contributed by atoms with Crippen molar-refractivity contribution in [3.8, 4) is 0 Å². The van der Waals surface area contributed by atoms with Gasteiger partial charge in [0.15, 0.2) is 0 Å². The minimum Gasteiger partial charge on any atom is -0.389 e. The van der Waals surface area contributed by atoms with Crippen molar-refractivity contribution in [1.82, 2.24) is 0 Å². The van der Waals surface area contributed by atoms with Crippen LogP contribution in [0.1, 0.15) is 16.7 Å². The average Bonchev–Trinajstić information content (AvgIpc) is 2.19. The quantitative estimate of drug-likeness (QED) is 0.738. The van der Waals surface area contributed by atoms with Crippen molar-refractivity contribution in [3.63, 3.8) is 0 Å². The fourth-order valence-corrected chi connectivity index (χ4v) is 1.49. The van der Waals surface area contributed by atoms with Gasteiger partial charge in [-0.3, -0.25) is 0 Å². The second-order valence-electron chi connectivity index (χ2n) is 3.66. The van der Waals surface area contributed by atoms with E-state index in [4.69, 9.17) is 0 Å². The van der Waals surface area contributed by atoms with E-state index >= 15 is 0 Å². The van der Waals surface area contributed by atoms with E-state index in [1.807, 2.05) is 0 Å². The van der Waals surface area contributed by atoms with E-state index in [1.165, 1.54) is 38.0 Å². The number of benzene rings is 1. The Morgan fingerprint density at radius 1 is 0.688 bits per heavy atom. The Bertz CT molecular complexity index is 242. The number of hydrogen-bond donors (Lipinski definition) is 0. The van der Waals surface area contributed by atoms with Gasteiger partial charge in [-0.05, 0) is 20.8 Å². The van der Waals surface area contributed by atoms with Crippen LogP contribution in [0.3, 0.4) is 0 Å². The van der Waals surface area contributed by atoms with Gasteiger partial charge in [-0.2, -0.15) is 0 Å². The largest absolute Gasteiger partial charge is 0.638 e. The highest BCUT2D eigenvalue weighted by Crippen LogP contribution is 2.06. The number of hydrogen-bond acceptors (Lipinski definition) is 3. The van der Waals surface area contributed by atoms with Crippen LogP contribution in [0.4, 0.5) is 0 Å². The van der Waals surface area contributed by atoms with Crippen LogP contribution in [0.2, 0.25) is 0 Å². The molecule has 16 heavy (non-hydrogen) atoms. The van der Waals surface area contributed by atoms with Gasteiger partial charge >= 0.3 is 7.32 Å². The molecule has 0 saturated carbocycles. The van der Waals surface area contributed by atoms with Crippen molar-refractivity contribution in [3.05, 3.63) is 34.9 Å². The number of rotatable bonds is 3. The molecule has 0 bridgehead atoms. The van der Waals surface area contributed by atoms with Gasteiger partial charge < -0.3 is 14.0 Å². The molecule has 1 aromatic rings. The predicted octanol–water partition coefficient (Wildman–Crippen LogP) is 2.52. The Hall–Kier alpha value is -0.835. The van der Waals surface area contributed by atoms with Gasteiger partial charge in [0, 0.05) is 21.3 Å². The summed E-state index contributed by atoms with van der Waals surface area (Å²) in [6.07, 6.45) is 0. The first-order valence-corrected chi connectivity index (χ1v) is 5.16. The highest BCUT2D eigenvalue weighted by Gasteiger charge is 2.12. The maximum atomic E-state index is 4.60. The van der Waals surface area contributed by atoms with Crippen LogP contribution >= 0.6 is 0 Å². The van der Waals surface area contributed by atoms with Crippen molar-refractivity contribution < 1.29 is 14.0 Å². The second-order valence-corrected chi connectivity index (χ2v) is 3.66. The molecule has 0 fully saturated rings. The molecule has 0 unspecified atom stereocenters. The predicted molar refractivity (Wildman–Crippen MR) is 67.4 cm³/mol. The molecule has 1 rings (SSSR count). The van der Waals surface area contributed by atoms with Crippen LogP contribution < -0.4 is 0 Å². The zero-order valence-corrected chi connectivity index (χ0v) is 11.0. The minimum absolute atomic E-state index is 0.514. The van der Waals surface area contributed by atoms with Gasteiger partial charge in [0.05, 0.1) is 0 Å². The third-order valence-corrected chi connectivity index (χ3v) is 1.94. The molecule has 0 N–H and O–H groups in total. The first-order valence-electron chi connectivity index (χ1n) is 5.16. The monoisotopic (exact) mass is 224 g/mol. The van der Waals surface area contributed by atoms with E-state index in [-0.39, 0.29) is 0 Å². The van der Waals surface area contributed by atoms with Crippen molar-refractivity contribution in [2.75, 3.05) is 21.3 Å². The maximum absolute atomic E-state index is 4.60. The molecule has 90 valence electrons. The smallest absolute Gasteiger partial charge is 0.389 e. The summed E-state index contributed by atoms with van der Waals surface area (Å²) in [5.41, 5.74) is 4.06. The maximum Gasteiger partial charge on any atom is 0.638 e. The van der Waals surface area contributed by atoms with Crippen LogP contribution in [-0.2, 0) is 14.0 Å². The molecule has 0 radical (unpaired) electrons. The van der Waals surface area contributed by atoms with Gasteiger partial charge in [0.25, 0.3) is 0 Å². The minimum atomic E-state index is -0.514. The topological polar surface area (TPSA) is 27.7 Å². The van der Waals surface area contributed by atoms with E-state index in [0.29, 0.717) is 0 Å². The first kappa shape index (κ1) is 15.2. The summed E-state index contributed by atoms with van der Waals surface area (Å²) in [5, 5.41) is 0. The third-order valence-electron chi connectivity index (χ3n) is 1.94. The lowest BCUT2D eigenvalue weighted by Gasteiger charge is -2.01. The summed E-state index contributed by atoms with van der Waals surface area (Å²) in [4.78, 5) is 0. The van der Waals surface area contributed by atoms with Crippen molar-refractivity contribution in [1.29, 1.82) is 0 Å². The summed E-state index contributed by atoms with van der Waals surface area (Å²) in [6, 6.07) is 6.56. The summed E-state index contributed by atoms with van der Waals surface area (Å²) in [5.74, 6) is 0. The van der Waals surface area contributed by atoms with E-state index in [1.54, 1.807) is 0 Å². The van der Waals surface area contributed by atoms with Crippen LogP contribution in [-0.4, -0.2) is 28.7 Å². The van der Waals surface area contributed by atoms with E-state index < -0.39 is 7.32 Å². The molecule has 0 aliphatic rings. The normalized spacial score (nSPS) is 9.38. The molecule has 0 heterocycles. The fourth-order valence-electron chi connectivity index (χ4n) is 1.49. The summed E-state index contributed by atoms with van der Waals surface area (Å²) >= 11 is 0. The molecular formula is C12H21BO3. The average molecular weight is 224 g/mol. The fraction of sp³-hybridized carbons (Fsp3) is 0.500. The Kier molecular flexibility index (Phi) is 7.90. The lowest BCUT2D eigenvalue weighted by atomic mass is 10.1. The van der Waals surface area contributed by atoms with E-state index in [2.05, 4.69) is 52.9 Å². The lowest BCUT2D eigenvalue weighted by molar-refractivity contribution is 0.163. The van der Waals surface area contributed by atoms with Gasteiger partial charge in [-0.15, -0.1) is 0 Å². The molecule has 0 amide bonds. The van der Waals surface area contributed by atoms with Crippen molar-refractivity contribution >= 4 is 7.32 Å². The molecule has 3 nitrogen and oxygen atoms in total. The molecule has 0 aliphatic heterocycles. The third kappa shape index (κ3) is 6.61. The summed E-state index contributed by atoms with van der Waals surface area (Å²) < 4.78 is 13.8. The molecule has 0 atom stereocenters. The molecule has 0 spiro atoms. The van der Waals surface area contributed by atoms with Gasteiger partial charge in [0.2, 0.25) is 0 Å². The van der Waals surface area contributed by atoms with E-state index in [9.17, 15) is 0 Å². The molecule has 0 aromatic heterocycles. The molecule has 0 aliphatic carbocycles. The van der Waals surface area contributed by atoms with Crippen LogP contribution in [0.15, 0.2) is 18.2 Å². The molecule has 0 saturated heterocycles. The zero-order valence-electron chi connectivity index (χ0n) is 11.0. The summed E-state index contributed by atoms with van der Waals surface area (Å²) in [6.45, 7) is 6.38. The Labute approximate surface area is 98.9 Å². The number of aryl methyl sites for hydroxylation is 3. The van der Waals surface area contributed by atoms with Gasteiger partial charge in [-0.1, -0.05) is 34.9 Å². The highest BCUT2D eigenvalue weighted by molar-refractivity contribution is 6.36. The van der Waals surface area contributed by atoms with Gasteiger partial charge in [-0.25, -0.2) is 0 Å². The molecular weight excluding hydrogens is 203 g/mol. The highest BCUT2D eigenvalue weighted by atomic mass is 16.7. The second kappa shape index (κ2) is 8.33. The first-order chi connectivity index (χ1) is 7.53. The van der Waals surface area contributed by atoms with Crippen LogP contribution in [0.5, 0.6) is 0 Å². The SMILES string of the molecule is COB(OC)OC.Cc1cc(C)cc(C)c1. The molecule has 1 aromatic carbocycles. The van der Waals surface area contributed by atoms with Gasteiger partial charge in [0.1, 0.15) is 0 Å². The Balaban J connectivity index is 0.000000293. The van der Waals surface area contributed by atoms with Crippen LogP contribution in [0.25, 0.3) is 0 Å². The standard InChI is InChI=1S/C9H12.C3H9BO3/c1-7-4-8(2)6-9(3)5-7;1-5-4(6-2)7-3/h4-6H,1-3H3;1-3H3. The van der Waals surface area contributed by atoms with Crippen LogP contribution in [0, 0.1) is 20.8 Å². The zero-order chi connectivity index (χ0) is 12.6. The Morgan fingerprint density at radius 2 is 0.938 bits per heavy atom. The molecule has 4 heteroatoms. The van der Waals surface area contributed by atoms with Crippen molar-refractivity contribution in [2.24, 2.45) is 0 Å². The summed E-state index contributed by atoms with van der Waals surface area (Å²) in [7, 11) is 4.02. The lowest BCUT2D eigenvalue weighted by Crippen LogP contribution is -2.21. The van der Waals surface area contributed by atoms with E-state index in [0.717, 1.165) is 0 Å². The Morgan fingerprint density at radius 3 is 1.06 bits per heavy atom. The van der Waals surface area contributed by atoms with Crippen molar-refractivity contribution in [2.45, 2.75) is 20.8 Å².